The van der Waals surface area contributed by atoms with Gasteiger partial charge >= 0.3 is 0 Å². The predicted octanol–water partition coefficient (Wildman–Crippen LogP) is 3.45. The van der Waals surface area contributed by atoms with E-state index in [9.17, 15) is 13.5 Å². The second-order valence-electron chi connectivity index (χ2n) is 4.52. The molecule has 0 aliphatic heterocycles. The van der Waals surface area contributed by atoms with E-state index < -0.39 is 9.84 Å². The third kappa shape index (κ3) is 3.68. The molecule has 0 aliphatic carbocycles. The minimum absolute atomic E-state index is 0.0767. The van der Waals surface area contributed by atoms with E-state index >= 15 is 0 Å². The van der Waals surface area contributed by atoms with Gasteiger partial charge in [0.25, 0.3) is 0 Å². The lowest BCUT2D eigenvalue weighted by Gasteiger charge is -2.10. The van der Waals surface area contributed by atoms with Gasteiger partial charge in [-0.05, 0) is 36.4 Å². The minimum Gasteiger partial charge on any atom is -0.508 e. The van der Waals surface area contributed by atoms with Crippen molar-refractivity contribution in [2.75, 3.05) is 11.1 Å². The first kappa shape index (κ1) is 15.7. The Bertz CT molecular complexity index is 707. The van der Waals surface area contributed by atoms with Gasteiger partial charge in [-0.25, -0.2) is 8.42 Å². The topological polar surface area (TPSA) is 66.4 Å². The van der Waals surface area contributed by atoms with Crippen LogP contribution in [0, 0.1) is 0 Å². The summed E-state index contributed by atoms with van der Waals surface area (Å²) in [6, 6.07) is 11.5. The summed E-state index contributed by atoms with van der Waals surface area (Å²) in [5.41, 5.74) is 1.36. The van der Waals surface area contributed by atoms with Crippen molar-refractivity contribution in [1.29, 1.82) is 0 Å². The maximum atomic E-state index is 11.7. The van der Waals surface area contributed by atoms with Gasteiger partial charge in [0, 0.05) is 22.8 Å². The van der Waals surface area contributed by atoms with E-state index in [2.05, 4.69) is 5.32 Å². The molecule has 112 valence electrons. The summed E-state index contributed by atoms with van der Waals surface area (Å²) in [5, 5.41) is 13.3. The van der Waals surface area contributed by atoms with Gasteiger partial charge < -0.3 is 10.4 Å². The Hall–Kier alpha value is -1.72. The van der Waals surface area contributed by atoms with E-state index in [1.54, 1.807) is 49.4 Å². The molecule has 0 heterocycles. The van der Waals surface area contributed by atoms with Crippen LogP contribution < -0.4 is 5.32 Å². The second-order valence-corrected chi connectivity index (χ2v) is 7.20. The van der Waals surface area contributed by atoms with Crippen LogP contribution >= 0.6 is 11.6 Å². The second kappa shape index (κ2) is 6.37. The highest BCUT2D eigenvalue weighted by atomic mass is 35.5. The van der Waals surface area contributed by atoms with E-state index in [1.807, 2.05) is 0 Å². The van der Waals surface area contributed by atoms with Gasteiger partial charge in [-0.1, -0.05) is 24.6 Å². The van der Waals surface area contributed by atoms with E-state index in [-0.39, 0.29) is 11.5 Å². The molecule has 0 radical (unpaired) electrons. The zero-order valence-corrected chi connectivity index (χ0v) is 13.1. The first-order valence-electron chi connectivity index (χ1n) is 6.47. The molecule has 0 fully saturated rings. The number of phenolic OH excluding ortho intramolecular Hbond substituents is 1. The lowest BCUT2D eigenvalue weighted by Crippen LogP contribution is -2.04. The number of nitrogens with one attached hydrogen (secondary N) is 1. The Morgan fingerprint density at radius 2 is 1.81 bits per heavy atom. The summed E-state index contributed by atoms with van der Waals surface area (Å²) in [4.78, 5) is 0.302. The number of benzene rings is 2. The first-order chi connectivity index (χ1) is 9.94. The number of hydrogen-bond acceptors (Lipinski definition) is 4. The van der Waals surface area contributed by atoms with Crippen LogP contribution in [0.3, 0.4) is 0 Å². The molecule has 0 bridgehead atoms. The molecule has 2 aromatic rings. The number of halogens is 1. The van der Waals surface area contributed by atoms with E-state index in [0.29, 0.717) is 22.0 Å². The maximum absolute atomic E-state index is 11.7. The van der Waals surface area contributed by atoms with Gasteiger partial charge in [-0.2, -0.15) is 0 Å². The smallest absolute Gasteiger partial charge is 0.178 e. The fourth-order valence-electron chi connectivity index (χ4n) is 1.86. The lowest BCUT2D eigenvalue weighted by atomic mass is 10.2. The van der Waals surface area contributed by atoms with Gasteiger partial charge in [0.05, 0.1) is 10.6 Å². The zero-order chi connectivity index (χ0) is 15.5. The Kier molecular flexibility index (Phi) is 4.75. The van der Waals surface area contributed by atoms with Crippen LogP contribution in [0.25, 0.3) is 0 Å². The third-order valence-corrected chi connectivity index (χ3v) is 5.26. The fourth-order valence-corrected chi connectivity index (χ4v) is 2.98. The zero-order valence-electron chi connectivity index (χ0n) is 11.5. The molecule has 0 atom stereocenters. The highest BCUT2D eigenvalue weighted by Crippen LogP contribution is 2.26. The molecule has 2 aromatic carbocycles. The normalized spacial score (nSPS) is 11.3. The van der Waals surface area contributed by atoms with Crippen molar-refractivity contribution in [2.24, 2.45) is 0 Å². The maximum Gasteiger partial charge on any atom is 0.178 e. The van der Waals surface area contributed by atoms with Gasteiger partial charge in [-0.3, -0.25) is 0 Å². The molecule has 0 spiro atoms. The fraction of sp³-hybridized carbons (Fsp3) is 0.200. The molecule has 2 rings (SSSR count). The molecular formula is C15H16ClNO3S. The van der Waals surface area contributed by atoms with Gasteiger partial charge in [0.2, 0.25) is 0 Å². The Morgan fingerprint density at radius 3 is 2.38 bits per heavy atom. The van der Waals surface area contributed by atoms with Gasteiger partial charge in [0.1, 0.15) is 5.75 Å². The van der Waals surface area contributed by atoms with Crippen molar-refractivity contribution < 1.29 is 13.5 Å². The molecular weight excluding hydrogens is 310 g/mol. The summed E-state index contributed by atoms with van der Waals surface area (Å²) in [7, 11) is -3.18. The van der Waals surface area contributed by atoms with Crippen LogP contribution in [-0.2, 0) is 16.4 Å². The van der Waals surface area contributed by atoms with Crippen molar-refractivity contribution in [3.8, 4) is 5.75 Å². The van der Waals surface area contributed by atoms with E-state index in [1.165, 1.54) is 0 Å². The van der Waals surface area contributed by atoms with Crippen LogP contribution in [0.4, 0.5) is 5.69 Å². The summed E-state index contributed by atoms with van der Waals surface area (Å²) in [6.45, 7) is 1.97. The number of rotatable bonds is 5. The van der Waals surface area contributed by atoms with Gasteiger partial charge in [-0.15, -0.1) is 0 Å². The van der Waals surface area contributed by atoms with Crippen molar-refractivity contribution in [2.45, 2.75) is 18.4 Å². The molecule has 4 nitrogen and oxygen atoms in total. The largest absolute Gasteiger partial charge is 0.508 e. The summed E-state index contributed by atoms with van der Waals surface area (Å²) in [5.74, 6) is 0.202. The number of hydrogen-bond donors (Lipinski definition) is 2. The summed E-state index contributed by atoms with van der Waals surface area (Å²) in [6.07, 6.45) is 0. The number of phenols is 1. The molecule has 0 aliphatic rings. The Balaban J connectivity index is 2.12. The number of anilines is 1. The minimum atomic E-state index is -3.18. The summed E-state index contributed by atoms with van der Waals surface area (Å²) >= 11 is 6.02. The molecule has 0 amide bonds. The summed E-state index contributed by atoms with van der Waals surface area (Å²) < 4.78 is 23.4. The van der Waals surface area contributed by atoms with Crippen LogP contribution in [-0.4, -0.2) is 19.3 Å². The van der Waals surface area contributed by atoms with Crippen LogP contribution in [0.2, 0.25) is 5.02 Å². The predicted molar refractivity (Wildman–Crippen MR) is 84.6 cm³/mol. The highest BCUT2D eigenvalue weighted by Gasteiger charge is 2.11. The van der Waals surface area contributed by atoms with Crippen LogP contribution in [0.15, 0.2) is 47.4 Å². The van der Waals surface area contributed by atoms with Crippen LogP contribution in [0.1, 0.15) is 12.5 Å². The molecule has 0 saturated carbocycles. The van der Waals surface area contributed by atoms with Crippen molar-refractivity contribution >= 4 is 27.1 Å². The Morgan fingerprint density at radius 1 is 1.14 bits per heavy atom. The third-order valence-electron chi connectivity index (χ3n) is 3.16. The van der Waals surface area contributed by atoms with E-state index in [0.717, 1.165) is 5.69 Å². The average molecular weight is 326 g/mol. The van der Waals surface area contributed by atoms with Crippen molar-refractivity contribution in [3.63, 3.8) is 0 Å². The standard InChI is InChI=1S/C15H16ClNO3S/c1-2-21(19,20)12-8-6-11(7-9-12)17-10-13-14(16)4-3-5-15(13)18/h3-9,17-18H,2,10H2,1H3. The quantitative estimate of drug-likeness (QED) is 0.883. The molecule has 2 N–H and O–H groups in total. The first-order valence-corrected chi connectivity index (χ1v) is 8.50. The van der Waals surface area contributed by atoms with E-state index in [4.69, 9.17) is 11.6 Å². The highest BCUT2D eigenvalue weighted by molar-refractivity contribution is 7.91. The molecule has 0 unspecified atom stereocenters. The number of sulfone groups is 1. The average Bonchev–Trinajstić information content (AvgIpc) is 2.47. The molecule has 0 saturated heterocycles. The van der Waals surface area contributed by atoms with Crippen molar-refractivity contribution in [1.82, 2.24) is 0 Å². The lowest BCUT2D eigenvalue weighted by molar-refractivity contribution is 0.469. The number of aromatic hydroxyl groups is 1. The van der Waals surface area contributed by atoms with Crippen LogP contribution in [0.5, 0.6) is 5.75 Å². The molecule has 6 heteroatoms. The molecule has 21 heavy (non-hydrogen) atoms. The Labute approximate surface area is 129 Å². The SMILES string of the molecule is CCS(=O)(=O)c1ccc(NCc2c(O)cccc2Cl)cc1. The molecule has 0 aromatic heterocycles. The monoisotopic (exact) mass is 325 g/mol. The van der Waals surface area contributed by atoms with Crippen molar-refractivity contribution in [3.05, 3.63) is 53.1 Å². The van der Waals surface area contributed by atoms with Gasteiger partial charge in [0.15, 0.2) is 9.84 Å².